The first-order chi connectivity index (χ1) is 17.4. The number of hydrogen-bond donors (Lipinski definition) is 1. The number of nitrogens with zero attached hydrogens (tertiary/aromatic N) is 4. The Kier molecular flexibility index (Phi) is 6.84. The van der Waals surface area contributed by atoms with Gasteiger partial charge in [0.25, 0.3) is 5.91 Å². The molecule has 0 spiro atoms. The summed E-state index contributed by atoms with van der Waals surface area (Å²) < 4.78 is 14.5. The van der Waals surface area contributed by atoms with Gasteiger partial charge in [-0.15, -0.1) is 11.3 Å². The molecule has 9 nitrogen and oxygen atoms in total. The second-order valence-corrected chi connectivity index (χ2v) is 11.0. The second kappa shape index (κ2) is 9.75. The second-order valence-electron chi connectivity index (χ2n) is 9.76. The summed E-state index contributed by atoms with van der Waals surface area (Å²) in [6, 6.07) is 8.98. The number of aryl methyl sites for hydroxylation is 2. The summed E-state index contributed by atoms with van der Waals surface area (Å²) in [6.07, 6.45) is 0. The maximum atomic E-state index is 13.5. The highest BCUT2D eigenvalue weighted by Gasteiger charge is 2.25. The minimum atomic E-state index is -0.681. The van der Waals surface area contributed by atoms with Gasteiger partial charge in [-0.1, -0.05) is 0 Å². The molecule has 0 unspecified atom stereocenters. The normalized spacial score (nSPS) is 11.4. The van der Waals surface area contributed by atoms with Crippen molar-refractivity contribution in [1.82, 2.24) is 14.1 Å². The van der Waals surface area contributed by atoms with Crippen molar-refractivity contribution >= 4 is 45.9 Å². The largest absolute Gasteiger partial charge is 0.497 e. The van der Waals surface area contributed by atoms with Gasteiger partial charge in [-0.05, 0) is 70.7 Å². The van der Waals surface area contributed by atoms with Gasteiger partial charge in [-0.2, -0.15) is 0 Å². The summed E-state index contributed by atoms with van der Waals surface area (Å²) in [5, 5.41) is 3.68. The van der Waals surface area contributed by atoms with E-state index in [1.807, 2.05) is 31.4 Å². The number of nitrogens with one attached hydrogen (secondary N) is 1. The molecule has 0 aliphatic heterocycles. The lowest BCUT2D eigenvalue weighted by atomic mass is 9.98. The van der Waals surface area contributed by atoms with Crippen molar-refractivity contribution in [3.63, 3.8) is 0 Å². The van der Waals surface area contributed by atoms with E-state index in [9.17, 15) is 9.59 Å². The average Bonchev–Trinajstić information content (AvgIpc) is 3.47. The first-order valence-corrected chi connectivity index (χ1v) is 12.5. The van der Waals surface area contributed by atoms with Gasteiger partial charge in [0.05, 0.1) is 35.7 Å². The van der Waals surface area contributed by atoms with Crippen LogP contribution in [0.2, 0.25) is 0 Å². The Morgan fingerprint density at radius 1 is 1.16 bits per heavy atom. The first kappa shape index (κ1) is 26.0. The Hall–Kier alpha value is -4.10. The highest BCUT2D eigenvalue weighted by Crippen LogP contribution is 2.36. The van der Waals surface area contributed by atoms with Crippen LogP contribution < -0.4 is 10.1 Å². The molecule has 1 aromatic carbocycles. The molecule has 37 heavy (non-hydrogen) atoms. The molecule has 0 aliphatic rings. The number of anilines is 1. The third-order valence-corrected chi connectivity index (χ3v) is 6.96. The average molecular weight is 520 g/mol. The van der Waals surface area contributed by atoms with Crippen LogP contribution in [0, 0.1) is 32.8 Å². The van der Waals surface area contributed by atoms with E-state index in [0.717, 1.165) is 15.6 Å². The zero-order valence-corrected chi connectivity index (χ0v) is 22.7. The van der Waals surface area contributed by atoms with Crippen LogP contribution in [0.3, 0.4) is 0 Å². The van der Waals surface area contributed by atoms with Crippen LogP contribution in [-0.4, -0.2) is 33.1 Å². The number of carbonyl (C=O) groups is 2. The summed E-state index contributed by atoms with van der Waals surface area (Å²) in [5.74, 6) is 0.121. The SMILES string of the molecule is [C-]#[N+]c1cc(C)sc1-n1c(C)cc(C(=O)Nc2nc3ccc(OC)cc3n2COC(=O)C(C)(C)C)c1C. The van der Waals surface area contributed by atoms with Crippen molar-refractivity contribution in [3.8, 4) is 10.8 Å². The van der Waals surface area contributed by atoms with Gasteiger partial charge < -0.3 is 14.0 Å². The lowest BCUT2D eigenvalue weighted by Gasteiger charge is -2.18. The molecule has 0 bridgehead atoms. The van der Waals surface area contributed by atoms with Gasteiger partial charge in [0.15, 0.2) is 6.73 Å². The molecule has 0 atom stereocenters. The van der Waals surface area contributed by atoms with Crippen molar-refractivity contribution in [2.75, 3.05) is 12.4 Å². The molecule has 0 saturated carbocycles. The highest BCUT2D eigenvalue weighted by molar-refractivity contribution is 7.15. The van der Waals surface area contributed by atoms with Gasteiger partial charge in [-0.3, -0.25) is 19.5 Å². The molecule has 1 amide bonds. The molecule has 0 fully saturated rings. The summed E-state index contributed by atoms with van der Waals surface area (Å²) in [4.78, 5) is 35.2. The lowest BCUT2D eigenvalue weighted by molar-refractivity contribution is -0.156. The fraction of sp³-hybridized carbons (Fsp3) is 0.333. The van der Waals surface area contributed by atoms with Crippen LogP contribution in [-0.2, 0) is 16.3 Å². The molecule has 192 valence electrons. The molecule has 1 N–H and O–H groups in total. The van der Waals surface area contributed by atoms with Crippen molar-refractivity contribution in [1.29, 1.82) is 0 Å². The number of aromatic nitrogens is 3. The van der Waals surface area contributed by atoms with E-state index in [1.165, 1.54) is 11.3 Å². The van der Waals surface area contributed by atoms with Gasteiger partial charge in [0.2, 0.25) is 11.6 Å². The van der Waals surface area contributed by atoms with E-state index in [0.29, 0.717) is 33.7 Å². The molecule has 0 radical (unpaired) electrons. The molecule has 10 heteroatoms. The number of ether oxygens (including phenoxy) is 2. The quantitative estimate of drug-likeness (QED) is 0.243. The van der Waals surface area contributed by atoms with Crippen LogP contribution >= 0.6 is 11.3 Å². The fourth-order valence-electron chi connectivity index (χ4n) is 4.00. The van der Waals surface area contributed by atoms with Crippen LogP contribution in [0.1, 0.15) is 47.4 Å². The number of carbonyl (C=O) groups excluding carboxylic acids is 2. The Balaban J connectivity index is 1.72. The zero-order valence-electron chi connectivity index (χ0n) is 21.9. The van der Waals surface area contributed by atoms with Crippen LogP contribution in [0.5, 0.6) is 5.75 Å². The smallest absolute Gasteiger partial charge is 0.312 e. The molecule has 0 aliphatic carbocycles. The first-order valence-electron chi connectivity index (χ1n) is 11.6. The predicted molar refractivity (Wildman–Crippen MR) is 144 cm³/mol. The summed E-state index contributed by atoms with van der Waals surface area (Å²) >= 11 is 1.51. The maximum Gasteiger partial charge on any atom is 0.312 e. The minimum Gasteiger partial charge on any atom is -0.497 e. The van der Waals surface area contributed by atoms with E-state index in [-0.39, 0.29) is 24.6 Å². The maximum absolute atomic E-state index is 13.5. The Morgan fingerprint density at radius 3 is 2.54 bits per heavy atom. The third kappa shape index (κ3) is 4.95. The number of fused-ring (bicyclic) bond motifs is 1. The molecule has 0 saturated heterocycles. The predicted octanol–water partition coefficient (Wildman–Crippen LogP) is 6.17. The molecule has 3 heterocycles. The topological polar surface area (TPSA) is 91.7 Å². The van der Waals surface area contributed by atoms with E-state index >= 15 is 0 Å². The molecule has 3 aromatic heterocycles. The lowest BCUT2D eigenvalue weighted by Crippen LogP contribution is -2.25. The number of esters is 1. The van der Waals surface area contributed by atoms with E-state index in [1.54, 1.807) is 56.7 Å². The molecular weight excluding hydrogens is 490 g/mol. The standard InChI is InChI=1S/C27H29N5O4S/c1-15-11-19(17(3)32(15)24-21(28-7)12-16(2)37-24)23(33)30-26-29-20-10-9-18(35-8)13-22(20)31(26)14-36-25(34)27(4,5)6/h9-13H,14H2,1-6,8H3,(H,29,30,33). The van der Waals surface area contributed by atoms with Crippen molar-refractivity contribution < 1.29 is 19.1 Å². The number of hydrogen-bond acceptors (Lipinski definition) is 6. The van der Waals surface area contributed by atoms with E-state index in [4.69, 9.17) is 16.0 Å². The summed E-state index contributed by atoms with van der Waals surface area (Å²) in [5.41, 5.74) is 3.15. The number of imidazole rings is 1. The van der Waals surface area contributed by atoms with Crippen molar-refractivity contribution in [3.05, 3.63) is 63.6 Å². The van der Waals surface area contributed by atoms with E-state index in [2.05, 4.69) is 15.1 Å². The fourth-order valence-corrected chi connectivity index (χ4v) is 5.06. The summed E-state index contributed by atoms with van der Waals surface area (Å²) in [7, 11) is 1.56. The van der Waals surface area contributed by atoms with Crippen molar-refractivity contribution in [2.24, 2.45) is 5.41 Å². The van der Waals surface area contributed by atoms with Gasteiger partial charge >= 0.3 is 5.97 Å². The van der Waals surface area contributed by atoms with Crippen LogP contribution in [0.15, 0.2) is 30.3 Å². The monoisotopic (exact) mass is 519 g/mol. The molecular formula is C27H29N5O4S. The van der Waals surface area contributed by atoms with E-state index < -0.39 is 5.41 Å². The third-order valence-electron chi connectivity index (χ3n) is 5.93. The van der Waals surface area contributed by atoms with Crippen LogP contribution in [0.4, 0.5) is 11.6 Å². The highest BCUT2D eigenvalue weighted by atomic mass is 32.1. The Labute approximate surface area is 219 Å². The van der Waals surface area contributed by atoms with Crippen LogP contribution in [0.25, 0.3) is 20.9 Å². The van der Waals surface area contributed by atoms with Gasteiger partial charge in [-0.25, -0.2) is 9.83 Å². The number of thiophene rings is 1. The van der Waals surface area contributed by atoms with Gasteiger partial charge in [0, 0.05) is 17.5 Å². The number of methoxy groups -OCH3 is 1. The number of benzene rings is 1. The number of rotatable bonds is 6. The number of amides is 1. The minimum absolute atomic E-state index is 0.128. The molecule has 4 aromatic rings. The Morgan fingerprint density at radius 2 is 1.89 bits per heavy atom. The van der Waals surface area contributed by atoms with Gasteiger partial charge in [0.1, 0.15) is 10.8 Å². The molecule has 4 rings (SSSR count). The zero-order chi connectivity index (χ0) is 27.1. The Bertz CT molecular complexity index is 1560. The summed E-state index contributed by atoms with van der Waals surface area (Å²) in [6.45, 7) is 18.4. The van der Waals surface area contributed by atoms with Crippen molar-refractivity contribution in [2.45, 2.75) is 48.3 Å².